The summed E-state index contributed by atoms with van der Waals surface area (Å²) in [5.41, 5.74) is 6.51. The summed E-state index contributed by atoms with van der Waals surface area (Å²) < 4.78 is 0. The molecular weight excluding hydrogens is 182 g/mol. The zero-order valence-electron chi connectivity index (χ0n) is 7.47. The van der Waals surface area contributed by atoms with E-state index in [0.29, 0.717) is 6.54 Å². The van der Waals surface area contributed by atoms with Crippen LogP contribution in [0.2, 0.25) is 0 Å². The van der Waals surface area contributed by atoms with E-state index in [1.165, 1.54) is 0 Å². The monoisotopic (exact) mass is 193 g/mol. The largest absolute Gasteiger partial charge is 0.480 e. The lowest BCUT2D eigenvalue weighted by molar-refractivity contribution is -0.139. The number of rotatable bonds is 2. The standard InChI is InChI=1S/C9H11N3O2/c13-9(14)8-7(5-11-12-8)6-2-1-3-10-4-6/h1-4,7-8,11-12H,5H2,(H,13,14). The molecule has 0 bridgehead atoms. The molecule has 0 radical (unpaired) electrons. The molecule has 74 valence electrons. The maximum Gasteiger partial charge on any atom is 0.322 e. The van der Waals surface area contributed by atoms with Crippen LogP contribution in [0.3, 0.4) is 0 Å². The Balaban J connectivity index is 2.22. The number of hydrogen-bond donors (Lipinski definition) is 3. The SMILES string of the molecule is O=C(O)C1NNCC1c1cccnc1. The second kappa shape index (κ2) is 3.73. The van der Waals surface area contributed by atoms with Crippen molar-refractivity contribution in [3.05, 3.63) is 30.1 Å². The average Bonchev–Trinajstić information content (AvgIpc) is 2.67. The molecule has 0 amide bonds. The van der Waals surface area contributed by atoms with Gasteiger partial charge in [0.15, 0.2) is 0 Å². The van der Waals surface area contributed by atoms with E-state index in [9.17, 15) is 4.79 Å². The number of nitrogens with zero attached hydrogens (tertiary/aromatic N) is 1. The van der Waals surface area contributed by atoms with Gasteiger partial charge >= 0.3 is 5.97 Å². The van der Waals surface area contributed by atoms with Crippen molar-refractivity contribution in [3.63, 3.8) is 0 Å². The number of carbonyl (C=O) groups is 1. The van der Waals surface area contributed by atoms with Crippen LogP contribution in [0.1, 0.15) is 11.5 Å². The summed E-state index contributed by atoms with van der Waals surface area (Å²) in [6.07, 6.45) is 3.38. The molecule has 1 aliphatic rings. The minimum atomic E-state index is -0.844. The quantitative estimate of drug-likeness (QED) is 0.602. The number of hydrazine groups is 1. The zero-order chi connectivity index (χ0) is 9.97. The molecule has 1 aromatic heterocycles. The molecule has 5 nitrogen and oxygen atoms in total. The summed E-state index contributed by atoms with van der Waals surface area (Å²) in [5, 5.41) is 8.92. The molecular formula is C9H11N3O2. The van der Waals surface area contributed by atoms with Crippen LogP contribution < -0.4 is 10.9 Å². The first kappa shape index (κ1) is 9.11. The summed E-state index contributed by atoms with van der Waals surface area (Å²) in [5.74, 6) is -0.898. The first-order valence-electron chi connectivity index (χ1n) is 4.40. The van der Waals surface area contributed by atoms with Gasteiger partial charge in [0.05, 0.1) is 0 Å². The Kier molecular flexibility index (Phi) is 2.43. The Labute approximate surface area is 81.1 Å². The Morgan fingerprint density at radius 2 is 2.50 bits per heavy atom. The van der Waals surface area contributed by atoms with E-state index in [2.05, 4.69) is 15.8 Å². The Morgan fingerprint density at radius 1 is 1.64 bits per heavy atom. The maximum atomic E-state index is 10.9. The van der Waals surface area contributed by atoms with E-state index in [1.54, 1.807) is 12.4 Å². The fraction of sp³-hybridized carbons (Fsp3) is 0.333. The van der Waals surface area contributed by atoms with Gasteiger partial charge in [-0.1, -0.05) is 6.07 Å². The molecule has 1 fully saturated rings. The van der Waals surface area contributed by atoms with E-state index < -0.39 is 12.0 Å². The van der Waals surface area contributed by atoms with Gasteiger partial charge in [-0.25, -0.2) is 5.43 Å². The van der Waals surface area contributed by atoms with Gasteiger partial charge in [0.25, 0.3) is 0 Å². The molecule has 5 heteroatoms. The number of aromatic nitrogens is 1. The molecule has 3 N–H and O–H groups in total. The molecule has 1 saturated heterocycles. The lowest BCUT2D eigenvalue weighted by atomic mass is 9.95. The normalized spacial score (nSPS) is 26.3. The fourth-order valence-electron chi connectivity index (χ4n) is 1.64. The lowest BCUT2D eigenvalue weighted by Gasteiger charge is -2.13. The fourth-order valence-corrected chi connectivity index (χ4v) is 1.64. The smallest absolute Gasteiger partial charge is 0.322 e. The highest BCUT2D eigenvalue weighted by Crippen LogP contribution is 2.20. The summed E-state index contributed by atoms with van der Waals surface area (Å²) >= 11 is 0. The van der Waals surface area contributed by atoms with Crippen LogP contribution in [0.4, 0.5) is 0 Å². The topological polar surface area (TPSA) is 74.2 Å². The number of hydrogen-bond acceptors (Lipinski definition) is 4. The zero-order valence-corrected chi connectivity index (χ0v) is 7.47. The molecule has 0 saturated carbocycles. The van der Waals surface area contributed by atoms with Gasteiger partial charge in [-0.2, -0.15) is 0 Å². The highest BCUT2D eigenvalue weighted by molar-refractivity contribution is 5.75. The van der Waals surface area contributed by atoms with Crippen LogP contribution in [0.15, 0.2) is 24.5 Å². The van der Waals surface area contributed by atoms with E-state index in [4.69, 9.17) is 5.11 Å². The van der Waals surface area contributed by atoms with Gasteiger partial charge in [-0.3, -0.25) is 15.2 Å². The first-order chi connectivity index (χ1) is 6.79. The van der Waals surface area contributed by atoms with Crippen LogP contribution >= 0.6 is 0 Å². The van der Waals surface area contributed by atoms with Crippen LogP contribution in [0.25, 0.3) is 0 Å². The van der Waals surface area contributed by atoms with Crippen LogP contribution in [-0.2, 0) is 4.79 Å². The third-order valence-corrected chi connectivity index (χ3v) is 2.36. The highest BCUT2D eigenvalue weighted by Gasteiger charge is 2.33. The minimum absolute atomic E-state index is 0.0544. The molecule has 0 aliphatic carbocycles. The number of carboxylic acids is 1. The Morgan fingerprint density at radius 3 is 3.14 bits per heavy atom. The third kappa shape index (κ3) is 1.59. The maximum absolute atomic E-state index is 10.9. The van der Waals surface area contributed by atoms with E-state index in [0.717, 1.165) is 5.56 Å². The van der Waals surface area contributed by atoms with Crippen molar-refractivity contribution in [2.75, 3.05) is 6.54 Å². The molecule has 2 heterocycles. The molecule has 1 aliphatic heterocycles. The molecule has 2 atom stereocenters. The second-order valence-corrected chi connectivity index (χ2v) is 3.23. The second-order valence-electron chi connectivity index (χ2n) is 3.23. The summed E-state index contributed by atoms with van der Waals surface area (Å²) in [6, 6.07) is 3.13. The molecule has 1 aromatic rings. The summed E-state index contributed by atoms with van der Waals surface area (Å²) in [4.78, 5) is 14.8. The number of aliphatic carboxylic acids is 1. The lowest BCUT2D eigenvalue weighted by Crippen LogP contribution is -2.37. The van der Waals surface area contributed by atoms with Gasteiger partial charge in [0.1, 0.15) is 6.04 Å². The van der Waals surface area contributed by atoms with Crippen LogP contribution in [-0.4, -0.2) is 28.6 Å². The van der Waals surface area contributed by atoms with Crippen molar-refractivity contribution >= 4 is 5.97 Å². The van der Waals surface area contributed by atoms with E-state index >= 15 is 0 Å². The van der Waals surface area contributed by atoms with Crippen LogP contribution in [0, 0.1) is 0 Å². The van der Waals surface area contributed by atoms with Crippen molar-refractivity contribution < 1.29 is 9.90 Å². The van der Waals surface area contributed by atoms with Gasteiger partial charge < -0.3 is 5.11 Å². The van der Waals surface area contributed by atoms with Gasteiger partial charge in [-0.15, -0.1) is 0 Å². The molecule has 14 heavy (non-hydrogen) atoms. The average molecular weight is 193 g/mol. The van der Waals surface area contributed by atoms with Crippen LogP contribution in [0.5, 0.6) is 0 Å². The molecule has 2 unspecified atom stereocenters. The van der Waals surface area contributed by atoms with Gasteiger partial charge in [0.2, 0.25) is 0 Å². The molecule has 0 spiro atoms. The Bertz CT molecular complexity index is 328. The molecule has 2 rings (SSSR count). The number of pyridine rings is 1. The van der Waals surface area contributed by atoms with Crippen molar-refractivity contribution in [1.29, 1.82) is 0 Å². The minimum Gasteiger partial charge on any atom is -0.480 e. The predicted octanol–water partition coefficient (Wildman–Crippen LogP) is -0.274. The van der Waals surface area contributed by atoms with Gasteiger partial charge in [-0.05, 0) is 11.6 Å². The third-order valence-electron chi connectivity index (χ3n) is 2.36. The molecule has 0 aromatic carbocycles. The van der Waals surface area contributed by atoms with Crippen molar-refractivity contribution in [2.24, 2.45) is 0 Å². The van der Waals surface area contributed by atoms with Crippen molar-refractivity contribution in [3.8, 4) is 0 Å². The number of carboxylic acid groups (broad SMARTS) is 1. The summed E-state index contributed by atoms with van der Waals surface area (Å²) in [6.45, 7) is 0.614. The number of nitrogens with one attached hydrogen (secondary N) is 2. The van der Waals surface area contributed by atoms with Crippen molar-refractivity contribution in [2.45, 2.75) is 12.0 Å². The highest BCUT2D eigenvalue weighted by atomic mass is 16.4. The van der Waals surface area contributed by atoms with Crippen molar-refractivity contribution in [1.82, 2.24) is 15.8 Å². The van der Waals surface area contributed by atoms with Gasteiger partial charge in [0, 0.05) is 24.9 Å². The predicted molar refractivity (Wildman–Crippen MR) is 49.5 cm³/mol. The van der Waals surface area contributed by atoms with E-state index in [-0.39, 0.29) is 5.92 Å². The first-order valence-corrected chi connectivity index (χ1v) is 4.40. The Hall–Kier alpha value is -1.46. The summed E-state index contributed by atoms with van der Waals surface area (Å²) in [7, 11) is 0. The van der Waals surface area contributed by atoms with E-state index in [1.807, 2.05) is 12.1 Å².